The first-order valence-corrected chi connectivity index (χ1v) is 16.9. The minimum absolute atomic E-state index is 0.342. The molecule has 7 aromatic carbocycles. The largest absolute Gasteiger partial charge is 0.208 e. The van der Waals surface area contributed by atoms with Gasteiger partial charge in [-0.15, -0.1) is 0 Å². The quantitative estimate of drug-likeness (QED) is 0.178. The molecule has 0 fully saturated rings. The van der Waals surface area contributed by atoms with E-state index in [1.807, 2.05) is 18.2 Å². The molecule has 1 aliphatic carbocycles. The Morgan fingerprint density at radius 3 is 1.27 bits per heavy atom. The van der Waals surface area contributed by atoms with E-state index in [0.717, 1.165) is 23.1 Å². The molecule has 0 amide bonds. The second-order valence-electron chi connectivity index (χ2n) is 12.7. The molecule has 0 radical (unpaired) electrons. The SMILES string of the molecule is Fc1ccc(-c2nc(-c3ccc(F)cc3)nc(-c3cccc(-c4cccc5c4Cc4c(-c6ccc(-c7ccccc7)cc6)cccc4-5)c3)n2)cc1. The van der Waals surface area contributed by atoms with Crippen LogP contribution in [0.15, 0.2) is 164 Å². The van der Waals surface area contributed by atoms with Gasteiger partial charge >= 0.3 is 0 Å². The molecule has 9 rings (SSSR count). The molecular weight excluding hydrogens is 633 g/mol. The van der Waals surface area contributed by atoms with Gasteiger partial charge in [-0.25, -0.2) is 23.7 Å². The lowest BCUT2D eigenvalue weighted by atomic mass is 9.94. The molecule has 0 saturated carbocycles. The van der Waals surface area contributed by atoms with Crippen LogP contribution in [0, 0.1) is 11.6 Å². The lowest BCUT2D eigenvalue weighted by Crippen LogP contribution is -2.00. The second kappa shape index (κ2) is 12.7. The highest BCUT2D eigenvalue weighted by atomic mass is 19.1. The van der Waals surface area contributed by atoms with Gasteiger partial charge in [0, 0.05) is 16.7 Å². The smallest absolute Gasteiger partial charge is 0.164 e. The normalized spacial score (nSPS) is 11.6. The zero-order valence-electron chi connectivity index (χ0n) is 27.4. The molecule has 1 aliphatic rings. The van der Waals surface area contributed by atoms with Crippen molar-refractivity contribution in [3.05, 3.63) is 187 Å². The Labute approximate surface area is 294 Å². The number of nitrogens with zero attached hydrogens (tertiary/aromatic N) is 3. The van der Waals surface area contributed by atoms with Crippen molar-refractivity contribution in [2.24, 2.45) is 0 Å². The number of hydrogen-bond donors (Lipinski definition) is 0. The summed E-state index contributed by atoms with van der Waals surface area (Å²) in [5, 5.41) is 0. The highest BCUT2D eigenvalue weighted by Gasteiger charge is 2.24. The van der Waals surface area contributed by atoms with E-state index in [4.69, 9.17) is 15.0 Å². The van der Waals surface area contributed by atoms with Gasteiger partial charge in [0.1, 0.15) is 11.6 Å². The van der Waals surface area contributed by atoms with Crippen molar-refractivity contribution in [3.8, 4) is 78.7 Å². The minimum atomic E-state index is -0.342. The Hall–Kier alpha value is -6.59. The fourth-order valence-electron chi connectivity index (χ4n) is 7.04. The van der Waals surface area contributed by atoms with Crippen LogP contribution in [0.2, 0.25) is 0 Å². The number of aromatic nitrogens is 3. The molecule has 1 aromatic heterocycles. The third-order valence-corrected chi connectivity index (χ3v) is 9.57. The van der Waals surface area contributed by atoms with Crippen molar-refractivity contribution in [2.45, 2.75) is 6.42 Å². The Kier molecular flexibility index (Phi) is 7.59. The first-order valence-electron chi connectivity index (χ1n) is 16.9. The van der Waals surface area contributed by atoms with Crippen LogP contribution in [-0.4, -0.2) is 15.0 Å². The zero-order valence-corrected chi connectivity index (χ0v) is 27.4. The monoisotopic (exact) mass is 661 g/mol. The van der Waals surface area contributed by atoms with Crippen LogP contribution < -0.4 is 0 Å². The molecule has 242 valence electrons. The maximum absolute atomic E-state index is 13.8. The van der Waals surface area contributed by atoms with Gasteiger partial charge in [-0.05, 0) is 117 Å². The Balaban J connectivity index is 1.09. The van der Waals surface area contributed by atoms with E-state index in [-0.39, 0.29) is 11.6 Å². The van der Waals surface area contributed by atoms with E-state index in [2.05, 4.69) is 97.1 Å². The van der Waals surface area contributed by atoms with Gasteiger partial charge in [0.05, 0.1) is 0 Å². The molecule has 8 aromatic rings. The van der Waals surface area contributed by atoms with Crippen LogP contribution in [0.3, 0.4) is 0 Å². The van der Waals surface area contributed by atoms with Gasteiger partial charge in [0.15, 0.2) is 17.5 Å². The molecular formula is C46H29F2N3. The van der Waals surface area contributed by atoms with E-state index < -0.39 is 0 Å². The highest BCUT2D eigenvalue weighted by Crippen LogP contribution is 2.45. The maximum Gasteiger partial charge on any atom is 0.164 e. The van der Waals surface area contributed by atoms with Gasteiger partial charge in [0.25, 0.3) is 0 Å². The number of hydrogen-bond acceptors (Lipinski definition) is 3. The third-order valence-electron chi connectivity index (χ3n) is 9.57. The van der Waals surface area contributed by atoms with Crippen molar-refractivity contribution < 1.29 is 8.78 Å². The average molecular weight is 662 g/mol. The van der Waals surface area contributed by atoms with Crippen molar-refractivity contribution >= 4 is 0 Å². The second-order valence-corrected chi connectivity index (χ2v) is 12.7. The van der Waals surface area contributed by atoms with E-state index in [9.17, 15) is 8.78 Å². The summed E-state index contributed by atoms with van der Waals surface area (Å²) in [6.45, 7) is 0. The summed E-state index contributed by atoms with van der Waals surface area (Å²) < 4.78 is 27.6. The molecule has 51 heavy (non-hydrogen) atoms. The average Bonchev–Trinajstić information content (AvgIpc) is 3.58. The molecule has 0 unspecified atom stereocenters. The van der Waals surface area contributed by atoms with Crippen LogP contribution >= 0.6 is 0 Å². The molecule has 0 N–H and O–H groups in total. The molecule has 0 saturated heterocycles. The zero-order chi connectivity index (χ0) is 34.3. The Morgan fingerprint density at radius 2 is 0.706 bits per heavy atom. The third kappa shape index (κ3) is 5.79. The van der Waals surface area contributed by atoms with E-state index in [1.165, 1.54) is 68.8 Å². The molecule has 0 aliphatic heterocycles. The summed E-state index contributed by atoms with van der Waals surface area (Å²) in [6, 6.07) is 52.8. The van der Waals surface area contributed by atoms with Gasteiger partial charge in [0.2, 0.25) is 0 Å². The molecule has 1 heterocycles. The van der Waals surface area contributed by atoms with E-state index in [1.54, 1.807) is 24.3 Å². The van der Waals surface area contributed by atoms with Crippen LogP contribution in [-0.2, 0) is 6.42 Å². The van der Waals surface area contributed by atoms with Crippen LogP contribution in [0.4, 0.5) is 8.78 Å². The standard InChI is InChI=1S/C46H29F2N3/c47-36-23-19-32(20-24-36)44-49-45(33-21-25-37(48)26-22-33)51-46(50-44)35-10-4-9-34(27-35)39-12-6-14-41-40-13-5-11-38(42(40)28-43(39)41)31-17-15-30(16-18-31)29-7-2-1-3-8-29/h1-27H,28H2. The fourth-order valence-corrected chi connectivity index (χ4v) is 7.04. The predicted molar refractivity (Wildman–Crippen MR) is 201 cm³/mol. The van der Waals surface area contributed by atoms with Crippen molar-refractivity contribution in [3.63, 3.8) is 0 Å². The topological polar surface area (TPSA) is 38.7 Å². The molecule has 0 atom stereocenters. The first-order chi connectivity index (χ1) is 25.1. The predicted octanol–water partition coefficient (Wildman–Crippen LogP) is 11.7. The molecule has 5 heteroatoms. The molecule has 0 bridgehead atoms. The number of halogens is 2. The van der Waals surface area contributed by atoms with Crippen LogP contribution in [0.5, 0.6) is 0 Å². The van der Waals surface area contributed by atoms with Gasteiger partial charge in [-0.3, -0.25) is 0 Å². The van der Waals surface area contributed by atoms with E-state index in [0.29, 0.717) is 28.6 Å². The summed E-state index contributed by atoms with van der Waals surface area (Å²) in [7, 11) is 0. The Bertz CT molecular complexity index is 2480. The first kappa shape index (κ1) is 30.5. The lowest BCUT2D eigenvalue weighted by molar-refractivity contribution is 0.627. The van der Waals surface area contributed by atoms with Crippen molar-refractivity contribution in [2.75, 3.05) is 0 Å². The molecule has 0 spiro atoms. The maximum atomic E-state index is 13.8. The van der Waals surface area contributed by atoms with Crippen LogP contribution in [0.1, 0.15) is 11.1 Å². The van der Waals surface area contributed by atoms with Gasteiger partial charge < -0.3 is 0 Å². The summed E-state index contributed by atoms with van der Waals surface area (Å²) in [6.07, 6.45) is 0.816. The van der Waals surface area contributed by atoms with Gasteiger partial charge in [-0.1, -0.05) is 109 Å². The highest BCUT2D eigenvalue weighted by molar-refractivity contribution is 5.90. The van der Waals surface area contributed by atoms with Crippen molar-refractivity contribution in [1.29, 1.82) is 0 Å². The Morgan fingerprint density at radius 1 is 0.314 bits per heavy atom. The summed E-state index contributed by atoms with van der Waals surface area (Å²) >= 11 is 0. The summed E-state index contributed by atoms with van der Waals surface area (Å²) in [5.74, 6) is 0.605. The van der Waals surface area contributed by atoms with Gasteiger partial charge in [-0.2, -0.15) is 0 Å². The fraction of sp³-hybridized carbons (Fsp3) is 0.0217. The summed E-state index contributed by atoms with van der Waals surface area (Å²) in [5.41, 5.74) is 14.3. The number of rotatable bonds is 6. The number of fused-ring (bicyclic) bond motifs is 3. The number of benzene rings is 7. The van der Waals surface area contributed by atoms with Crippen molar-refractivity contribution in [1.82, 2.24) is 15.0 Å². The van der Waals surface area contributed by atoms with E-state index >= 15 is 0 Å². The summed E-state index contributed by atoms with van der Waals surface area (Å²) in [4.78, 5) is 14.4. The van der Waals surface area contributed by atoms with Crippen LogP contribution in [0.25, 0.3) is 78.7 Å². The molecule has 3 nitrogen and oxygen atoms in total. The minimum Gasteiger partial charge on any atom is -0.208 e. The lowest BCUT2D eigenvalue weighted by Gasteiger charge is -2.12.